The number of hydrogen-bond donors (Lipinski definition) is 1. The van der Waals surface area contributed by atoms with Gasteiger partial charge in [0.1, 0.15) is 11.3 Å². The van der Waals surface area contributed by atoms with E-state index in [0.29, 0.717) is 18.1 Å². The van der Waals surface area contributed by atoms with E-state index in [0.717, 1.165) is 25.7 Å². The number of anilines is 1. The lowest BCUT2D eigenvalue weighted by molar-refractivity contribution is -0.142. The lowest BCUT2D eigenvalue weighted by Gasteiger charge is -2.41. The molecule has 0 radical (unpaired) electrons. The average Bonchev–Trinajstić information content (AvgIpc) is 3.25. The molecule has 128 valence electrons. The monoisotopic (exact) mass is 330 g/mol. The minimum absolute atomic E-state index is 0.114. The fourth-order valence-electron chi connectivity index (χ4n) is 3.63. The smallest absolute Gasteiger partial charge is 0.251 e. The highest BCUT2D eigenvalue weighted by Crippen LogP contribution is 2.40. The fraction of sp³-hybridized carbons (Fsp3) is 0.529. The van der Waals surface area contributed by atoms with Crippen LogP contribution in [0.3, 0.4) is 0 Å². The molecule has 1 saturated carbocycles. The van der Waals surface area contributed by atoms with Crippen LogP contribution in [0.2, 0.25) is 0 Å². The van der Waals surface area contributed by atoms with Crippen LogP contribution in [-0.2, 0) is 14.3 Å². The van der Waals surface area contributed by atoms with Crippen molar-refractivity contribution in [3.05, 3.63) is 30.4 Å². The van der Waals surface area contributed by atoms with Gasteiger partial charge in [0.2, 0.25) is 0 Å². The third-order valence-electron chi connectivity index (χ3n) is 5.10. The second-order valence-corrected chi connectivity index (χ2v) is 6.41. The number of rotatable bonds is 5. The van der Waals surface area contributed by atoms with Crippen LogP contribution in [0, 0.1) is 5.92 Å². The second-order valence-electron chi connectivity index (χ2n) is 6.41. The Morgan fingerprint density at radius 2 is 2.12 bits per heavy atom. The number of carbonyl (C=O) groups excluding carboxylic acids is 2. The molecule has 1 aromatic rings. The summed E-state index contributed by atoms with van der Waals surface area (Å²) in [5.41, 5.74) is -0.943. The van der Waals surface area contributed by atoms with E-state index in [1.54, 1.807) is 11.1 Å². The SMILES string of the molecule is COC1=CC(=O)N(C(C)(C(=O)Nc2cnccn2)C2CCCC2)C1. The highest BCUT2D eigenvalue weighted by Gasteiger charge is 2.50. The molecule has 0 spiro atoms. The van der Waals surface area contributed by atoms with Crippen molar-refractivity contribution in [3.63, 3.8) is 0 Å². The first-order valence-corrected chi connectivity index (χ1v) is 8.19. The van der Waals surface area contributed by atoms with Crippen molar-refractivity contribution in [2.45, 2.75) is 38.1 Å². The topological polar surface area (TPSA) is 84.4 Å². The Morgan fingerprint density at radius 3 is 2.71 bits per heavy atom. The molecule has 0 bridgehead atoms. The molecule has 1 atom stereocenters. The van der Waals surface area contributed by atoms with Gasteiger partial charge in [0.05, 0.1) is 19.9 Å². The molecule has 1 fully saturated rings. The van der Waals surface area contributed by atoms with Gasteiger partial charge >= 0.3 is 0 Å². The van der Waals surface area contributed by atoms with Gasteiger partial charge in [0, 0.05) is 18.5 Å². The molecule has 7 heteroatoms. The number of aromatic nitrogens is 2. The number of hydrogen-bond acceptors (Lipinski definition) is 5. The van der Waals surface area contributed by atoms with Crippen LogP contribution in [0.4, 0.5) is 5.82 Å². The molecule has 1 unspecified atom stereocenters. The molecule has 2 heterocycles. The molecule has 1 aromatic heterocycles. The Labute approximate surface area is 141 Å². The lowest BCUT2D eigenvalue weighted by atomic mass is 9.81. The van der Waals surface area contributed by atoms with Crippen molar-refractivity contribution >= 4 is 17.6 Å². The van der Waals surface area contributed by atoms with Crippen molar-refractivity contribution in [2.24, 2.45) is 5.92 Å². The predicted molar refractivity (Wildman–Crippen MR) is 87.8 cm³/mol. The molecule has 2 aliphatic rings. The minimum atomic E-state index is -0.943. The lowest BCUT2D eigenvalue weighted by Crippen LogP contribution is -2.59. The molecule has 7 nitrogen and oxygen atoms in total. The zero-order valence-corrected chi connectivity index (χ0v) is 14.0. The summed E-state index contributed by atoms with van der Waals surface area (Å²) in [5.74, 6) is 0.669. The molecular weight excluding hydrogens is 308 g/mol. The molecule has 1 aliphatic carbocycles. The molecule has 0 aromatic carbocycles. The molecule has 0 saturated heterocycles. The number of nitrogens with one attached hydrogen (secondary N) is 1. The Morgan fingerprint density at radius 1 is 1.38 bits per heavy atom. The van der Waals surface area contributed by atoms with Gasteiger partial charge < -0.3 is 15.0 Å². The molecule has 1 aliphatic heterocycles. The van der Waals surface area contributed by atoms with E-state index in [4.69, 9.17) is 4.74 Å². The first-order valence-electron chi connectivity index (χ1n) is 8.19. The fourth-order valence-corrected chi connectivity index (χ4v) is 3.63. The molecular formula is C17H22N4O3. The van der Waals surface area contributed by atoms with Crippen LogP contribution < -0.4 is 5.32 Å². The highest BCUT2D eigenvalue weighted by atomic mass is 16.5. The van der Waals surface area contributed by atoms with Crippen LogP contribution in [0.15, 0.2) is 30.4 Å². The summed E-state index contributed by atoms with van der Waals surface area (Å²) in [7, 11) is 1.54. The Kier molecular flexibility index (Phi) is 4.51. The summed E-state index contributed by atoms with van der Waals surface area (Å²) in [5, 5.41) is 2.82. The Balaban J connectivity index is 1.88. The van der Waals surface area contributed by atoms with Crippen LogP contribution in [0.1, 0.15) is 32.6 Å². The molecule has 2 amide bonds. The van der Waals surface area contributed by atoms with Gasteiger partial charge in [-0.15, -0.1) is 0 Å². The maximum atomic E-state index is 13.1. The third-order valence-corrected chi connectivity index (χ3v) is 5.10. The van der Waals surface area contributed by atoms with Crippen molar-refractivity contribution in [1.29, 1.82) is 0 Å². The minimum Gasteiger partial charge on any atom is -0.499 e. The summed E-state index contributed by atoms with van der Waals surface area (Å²) in [6.45, 7) is 2.16. The summed E-state index contributed by atoms with van der Waals surface area (Å²) in [6.07, 6.45) is 10.0. The van der Waals surface area contributed by atoms with Gasteiger partial charge in [0.25, 0.3) is 11.8 Å². The zero-order chi connectivity index (χ0) is 17.2. The average molecular weight is 330 g/mol. The van der Waals surface area contributed by atoms with Crippen LogP contribution in [0.25, 0.3) is 0 Å². The van der Waals surface area contributed by atoms with E-state index in [9.17, 15) is 9.59 Å². The van der Waals surface area contributed by atoms with Gasteiger partial charge in [0.15, 0.2) is 5.82 Å². The van der Waals surface area contributed by atoms with E-state index < -0.39 is 5.54 Å². The maximum absolute atomic E-state index is 13.1. The normalized spacial score (nSPS) is 20.7. The van der Waals surface area contributed by atoms with Gasteiger partial charge in [-0.1, -0.05) is 12.8 Å². The number of methoxy groups -OCH3 is 1. The largest absolute Gasteiger partial charge is 0.499 e. The maximum Gasteiger partial charge on any atom is 0.251 e. The third kappa shape index (κ3) is 2.86. The van der Waals surface area contributed by atoms with Gasteiger partial charge in [-0.25, -0.2) is 4.98 Å². The first-order chi connectivity index (χ1) is 11.6. The summed E-state index contributed by atoms with van der Waals surface area (Å²) < 4.78 is 5.21. The van der Waals surface area contributed by atoms with Gasteiger partial charge in [-0.2, -0.15) is 0 Å². The van der Waals surface area contributed by atoms with Crippen molar-refractivity contribution in [3.8, 4) is 0 Å². The number of nitrogens with zero attached hydrogens (tertiary/aromatic N) is 3. The van der Waals surface area contributed by atoms with E-state index >= 15 is 0 Å². The van der Waals surface area contributed by atoms with Crippen molar-refractivity contribution in [2.75, 3.05) is 19.0 Å². The predicted octanol–water partition coefficient (Wildman–Crippen LogP) is 1.74. The Hall–Kier alpha value is -2.44. The summed E-state index contributed by atoms with van der Waals surface area (Å²) in [4.78, 5) is 35.3. The first kappa shape index (κ1) is 16.4. The molecule has 3 rings (SSSR count). The highest BCUT2D eigenvalue weighted by molar-refractivity contribution is 6.02. The van der Waals surface area contributed by atoms with Gasteiger partial charge in [-0.05, 0) is 25.7 Å². The van der Waals surface area contributed by atoms with E-state index in [2.05, 4.69) is 15.3 Å². The van der Waals surface area contributed by atoms with Crippen molar-refractivity contribution < 1.29 is 14.3 Å². The van der Waals surface area contributed by atoms with E-state index in [-0.39, 0.29) is 17.7 Å². The molecule has 1 N–H and O–H groups in total. The summed E-state index contributed by atoms with van der Waals surface area (Å²) >= 11 is 0. The number of carbonyl (C=O) groups is 2. The second kappa shape index (κ2) is 6.59. The van der Waals surface area contributed by atoms with Crippen LogP contribution in [-0.4, -0.2) is 45.9 Å². The molecule has 24 heavy (non-hydrogen) atoms. The quantitative estimate of drug-likeness (QED) is 0.889. The van der Waals surface area contributed by atoms with Crippen molar-refractivity contribution in [1.82, 2.24) is 14.9 Å². The standard InChI is InChI=1S/C17H22N4O3/c1-17(12-5-3-4-6-12,21-11-13(24-2)9-15(21)22)16(23)20-14-10-18-7-8-19-14/h7-10,12H,3-6,11H2,1-2H3,(H,19,20,23). The summed E-state index contributed by atoms with van der Waals surface area (Å²) in [6, 6.07) is 0. The number of ether oxygens (including phenoxy) is 1. The van der Waals surface area contributed by atoms with Gasteiger partial charge in [-0.3, -0.25) is 14.6 Å². The van der Waals surface area contributed by atoms with E-state index in [1.165, 1.54) is 25.6 Å². The Bertz CT molecular complexity index is 655. The van der Waals surface area contributed by atoms with Crippen LogP contribution in [0.5, 0.6) is 0 Å². The number of amides is 2. The zero-order valence-electron chi connectivity index (χ0n) is 14.0. The van der Waals surface area contributed by atoms with Crippen LogP contribution >= 0.6 is 0 Å². The van der Waals surface area contributed by atoms with E-state index in [1.807, 2.05) is 6.92 Å².